The molecule has 1 amide bonds. The van der Waals surface area contributed by atoms with Crippen LogP contribution < -0.4 is 5.73 Å². The van der Waals surface area contributed by atoms with Gasteiger partial charge in [0.1, 0.15) is 0 Å². The van der Waals surface area contributed by atoms with E-state index in [1.807, 2.05) is 11.9 Å². The van der Waals surface area contributed by atoms with Gasteiger partial charge >= 0.3 is 0 Å². The van der Waals surface area contributed by atoms with Crippen LogP contribution in [-0.2, 0) is 0 Å². The number of nitrogen functional groups attached to an aromatic ring is 1. The first-order chi connectivity index (χ1) is 8.20. The molecule has 92 valence electrons. The molecule has 2 N–H and O–H groups in total. The van der Waals surface area contributed by atoms with E-state index < -0.39 is 0 Å². The lowest BCUT2D eigenvalue weighted by atomic mass is 9.94. The predicted octanol–water partition coefficient (Wildman–Crippen LogP) is 2.07. The molecule has 0 radical (unpaired) electrons. The molecule has 1 fully saturated rings. The van der Waals surface area contributed by atoms with Crippen LogP contribution in [0.25, 0.3) is 0 Å². The second-order valence-electron chi connectivity index (χ2n) is 4.67. The van der Waals surface area contributed by atoms with Crippen LogP contribution in [0.5, 0.6) is 0 Å². The molecule has 4 heteroatoms. The maximum Gasteiger partial charge on any atom is 0.257 e. The molecule has 1 aliphatic carbocycles. The minimum atomic E-state index is -0.0116. The Kier molecular flexibility index (Phi) is 3.61. The van der Waals surface area contributed by atoms with Gasteiger partial charge in [-0.15, -0.1) is 0 Å². The Morgan fingerprint density at radius 3 is 2.76 bits per heavy atom. The van der Waals surface area contributed by atoms with Crippen LogP contribution in [0.3, 0.4) is 0 Å². The van der Waals surface area contributed by atoms with Gasteiger partial charge in [-0.2, -0.15) is 0 Å². The predicted molar refractivity (Wildman–Crippen MR) is 67.6 cm³/mol. The normalized spacial score (nSPS) is 16.8. The van der Waals surface area contributed by atoms with E-state index in [-0.39, 0.29) is 5.91 Å². The molecule has 0 spiro atoms. The van der Waals surface area contributed by atoms with E-state index in [4.69, 9.17) is 5.73 Å². The number of aromatic nitrogens is 1. The van der Waals surface area contributed by atoms with E-state index in [1.165, 1.54) is 19.3 Å². The van der Waals surface area contributed by atoms with Crippen LogP contribution in [0.2, 0.25) is 0 Å². The van der Waals surface area contributed by atoms with Gasteiger partial charge in [-0.1, -0.05) is 19.3 Å². The van der Waals surface area contributed by atoms with Gasteiger partial charge < -0.3 is 10.6 Å². The lowest BCUT2D eigenvalue weighted by molar-refractivity contribution is 0.0697. The topological polar surface area (TPSA) is 59.2 Å². The van der Waals surface area contributed by atoms with Crippen molar-refractivity contribution in [3.05, 3.63) is 24.0 Å². The third kappa shape index (κ3) is 2.57. The van der Waals surface area contributed by atoms with Crippen molar-refractivity contribution in [3.8, 4) is 0 Å². The van der Waals surface area contributed by atoms with Crippen LogP contribution in [0.1, 0.15) is 42.5 Å². The molecule has 1 aromatic heterocycles. The molecule has 1 aliphatic rings. The smallest absolute Gasteiger partial charge is 0.257 e. The number of carbonyl (C=O) groups is 1. The highest BCUT2D eigenvalue weighted by Gasteiger charge is 2.24. The maximum atomic E-state index is 12.3. The van der Waals surface area contributed by atoms with Gasteiger partial charge in [0.2, 0.25) is 0 Å². The summed E-state index contributed by atoms with van der Waals surface area (Å²) in [7, 11) is 1.87. The van der Waals surface area contributed by atoms with E-state index in [0.717, 1.165) is 12.8 Å². The van der Waals surface area contributed by atoms with E-state index in [9.17, 15) is 4.79 Å². The number of rotatable bonds is 2. The van der Waals surface area contributed by atoms with Crippen molar-refractivity contribution in [1.29, 1.82) is 0 Å². The molecule has 17 heavy (non-hydrogen) atoms. The van der Waals surface area contributed by atoms with Crippen molar-refractivity contribution in [2.45, 2.75) is 38.1 Å². The highest BCUT2D eigenvalue weighted by Crippen LogP contribution is 2.23. The van der Waals surface area contributed by atoms with Crippen molar-refractivity contribution in [2.24, 2.45) is 0 Å². The minimum Gasteiger partial charge on any atom is -0.398 e. The second kappa shape index (κ2) is 5.17. The van der Waals surface area contributed by atoms with Gasteiger partial charge in [-0.05, 0) is 18.9 Å². The summed E-state index contributed by atoms with van der Waals surface area (Å²) in [5.74, 6) is -0.0116. The number of pyridine rings is 1. The van der Waals surface area contributed by atoms with Crippen LogP contribution in [0.4, 0.5) is 5.69 Å². The van der Waals surface area contributed by atoms with Gasteiger partial charge in [-0.3, -0.25) is 9.78 Å². The number of nitrogens with two attached hydrogens (primary N) is 1. The van der Waals surface area contributed by atoms with Crippen LogP contribution in [0.15, 0.2) is 18.5 Å². The molecular formula is C13H19N3O. The van der Waals surface area contributed by atoms with Crippen molar-refractivity contribution in [2.75, 3.05) is 12.8 Å². The summed E-state index contributed by atoms with van der Waals surface area (Å²) in [6, 6.07) is 2.03. The Hall–Kier alpha value is -1.58. The monoisotopic (exact) mass is 233 g/mol. The van der Waals surface area contributed by atoms with E-state index in [1.54, 1.807) is 18.5 Å². The summed E-state index contributed by atoms with van der Waals surface area (Å²) >= 11 is 0. The number of amides is 1. The summed E-state index contributed by atoms with van der Waals surface area (Å²) in [4.78, 5) is 18.1. The Labute approximate surface area is 102 Å². The van der Waals surface area contributed by atoms with E-state index in [2.05, 4.69) is 4.98 Å². The number of hydrogen-bond donors (Lipinski definition) is 1. The third-order valence-electron chi connectivity index (χ3n) is 3.53. The zero-order chi connectivity index (χ0) is 12.3. The zero-order valence-corrected chi connectivity index (χ0v) is 10.2. The molecule has 0 atom stereocenters. The molecule has 0 aliphatic heterocycles. The summed E-state index contributed by atoms with van der Waals surface area (Å²) < 4.78 is 0. The van der Waals surface area contributed by atoms with Crippen molar-refractivity contribution >= 4 is 11.6 Å². The zero-order valence-electron chi connectivity index (χ0n) is 10.2. The lowest BCUT2D eigenvalue weighted by Gasteiger charge is -2.31. The average Bonchev–Trinajstić information content (AvgIpc) is 2.39. The van der Waals surface area contributed by atoms with E-state index >= 15 is 0 Å². The third-order valence-corrected chi connectivity index (χ3v) is 3.53. The van der Waals surface area contributed by atoms with Crippen molar-refractivity contribution in [3.63, 3.8) is 0 Å². The lowest BCUT2D eigenvalue weighted by Crippen LogP contribution is -2.38. The second-order valence-corrected chi connectivity index (χ2v) is 4.67. The fraction of sp³-hybridized carbons (Fsp3) is 0.538. The van der Waals surface area contributed by atoms with Gasteiger partial charge in [0, 0.05) is 31.2 Å². The number of nitrogens with zero attached hydrogens (tertiary/aromatic N) is 2. The molecule has 0 bridgehead atoms. The molecule has 2 rings (SSSR count). The standard InChI is InChI=1S/C13H19N3O/c1-16(10-5-3-2-4-6-10)13(17)11-9-15-8-7-12(11)14/h7-10H,2-6H2,1H3,(H2,14,15). The van der Waals surface area contributed by atoms with Crippen molar-refractivity contribution in [1.82, 2.24) is 9.88 Å². The van der Waals surface area contributed by atoms with Gasteiger partial charge in [0.25, 0.3) is 5.91 Å². The number of hydrogen-bond acceptors (Lipinski definition) is 3. The van der Waals surface area contributed by atoms with Gasteiger partial charge in [-0.25, -0.2) is 0 Å². The van der Waals surface area contributed by atoms with Gasteiger partial charge in [0.05, 0.1) is 5.56 Å². The molecule has 1 saturated carbocycles. The average molecular weight is 233 g/mol. The summed E-state index contributed by atoms with van der Waals surface area (Å²) in [6.07, 6.45) is 9.07. The molecular weight excluding hydrogens is 214 g/mol. The summed E-state index contributed by atoms with van der Waals surface area (Å²) in [5, 5.41) is 0. The Balaban J connectivity index is 2.11. The maximum absolute atomic E-state index is 12.3. The van der Waals surface area contributed by atoms with Crippen LogP contribution in [-0.4, -0.2) is 28.9 Å². The highest BCUT2D eigenvalue weighted by molar-refractivity contribution is 5.98. The molecule has 0 saturated heterocycles. The summed E-state index contributed by atoms with van der Waals surface area (Å²) in [6.45, 7) is 0. The van der Waals surface area contributed by atoms with Crippen LogP contribution >= 0.6 is 0 Å². The molecule has 4 nitrogen and oxygen atoms in total. The SMILES string of the molecule is CN(C(=O)c1cnccc1N)C1CCCCC1. The van der Waals surface area contributed by atoms with Gasteiger partial charge in [0.15, 0.2) is 0 Å². The fourth-order valence-corrected chi connectivity index (χ4v) is 2.41. The minimum absolute atomic E-state index is 0.0116. The van der Waals surface area contributed by atoms with E-state index in [0.29, 0.717) is 17.3 Å². The first kappa shape index (κ1) is 11.9. The largest absolute Gasteiger partial charge is 0.398 e. The first-order valence-corrected chi connectivity index (χ1v) is 6.17. The first-order valence-electron chi connectivity index (χ1n) is 6.17. The Morgan fingerprint density at radius 1 is 1.41 bits per heavy atom. The quantitative estimate of drug-likeness (QED) is 0.850. The van der Waals surface area contributed by atoms with Crippen LogP contribution in [0, 0.1) is 0 Å². The Morgan fingerprint density at radius 2 is 2.12 bits per heavy atom. The summed E-state index contributed by atoms with van der Waals surface area (Å²) in [5.41, 5.74) is 6.82. The highest BCUT2D eigenvalue weighted by atomic mass is 16.2. The van der Waals surface area contributed by atoms with Crippen molar-refractivity contribution < 1.29 is 4.79 Å². The molecule has 1 aromatic rings. The molecule has 1 heterocycles. The molecule has 0 aromatic carbocycles. The number of anilines is 1. The Bertz CT molecular complexity index is 399. The fourth-order valence-electron chi connectivity index (χ4n) is 2.41. The molecule has 0 unspecified atom stereocenters. The number of carbonyl (C=O) groups excluding carboxylic acids is 1.